The third-order valence-electron chi connectivity index (χ3n) is 3.20. The molecular weight excluding hydrogens is 196 g/mol. The van der Waals surface area contributed by atoms with Crippen LogP contribution in [0.1, 0.15) is 39.2 Å². The van der Waals surface area contributed by atoms with Crippen LogP contribution in [0.15, 0.2) is 24.3 Å². The Balaban J connectivity index is 1.87. The molecule has 0 atom stereocenters. The van der Waals surface area contributed by atoms with E-state index in [2.05, 4.69) is 45.0 Å². The molecule has 1 aromatic carbocycles. The lowest BCUT2D eigenvalue weighted by Crippen LogP contribution is -2.31. The van der Waals surface area contributed by atoms with Crippen molar-refractivity contribution in [2.75, 3.05) is 0 Å². The van der Waals surface area contributed by atoms with Gasteiger partial charge in [-0.05, 0) is 48.8 Å². The summed E-state index contributed by atoms with van der Waals surface area (Å²) in [6.07, 6.45) is 4.05. The van der Waals surface area contributed by atoms with Crippen LogP contribution in [0, 0.1) is 11.8 Å². The van der Waals surface area contributed by atoms with Crippen molar-refractivity contribution in [3.05, 3.63) is 29.8 Å². The molecule has 0 spiro atoms. The first-order valence-electron chi connectivity index (χ1n) is 6.39. The molecule has 0 aromatic heterocycles. The number of hydrogen-bond donors (Lipinski definition) is 0. The van der Waals surface area contributed by atoms with Crippen LogP contribution in [-0.4, -0.2) is 6.10 Å². The highest BCUT2D eigenvalue weighted by Crippen LogP contribution is 2.30. The summed E-state index contributed by atoms with van der Waals surface area (Å²) < 4.78 is 5.88. The average Bonchev–Trinajstić information content (AvgIpc) is 2.18. The molecular formula is C15H22O. The van der Waals surface area contributed by atoms with Crippen LogP contribution in [0.3, 0.4) is 0 Å². The van der Waals surface area contributed by atoms with Gasteiger partial charge in [0, 0.05) is 0 Å². The Kier molecular flexibility index (Phi) is 3.52. The molecule has 1 saturated carbocycles. The maximum atomic E-state index is 5.88. The van der Waals surface area contributed by atoms with Crippen LogP contribution in [-0.2, 0) is 6.42 Å². The summed E-state index contributed by atoms with van der Waals surface area (Å²) in [6.45, 7) is 6.78. The average molecular weight is 218 g/mol. The number of ether oxygens (including phenoxy) is 1. The highest BCUT2D eigenvalue weighted by Gasteiger charge is 2.26. The number of benzene rings is 1. The zero-order valence-corrected chi connectivity index (χ0v) is 10.6. The minimum Gasteiger partial charge on any atom is -0.490 e. The van der Waals surface area contributed by atoms with Crippen molar-refractivity contribution in [1.82, 2.24) is 0 Å². The summed E-state index contributed by atoms with van der Waals surface area (Å²) >= 11 is 0. The van der Waals surface area contributed by atoms with Gasteiger partial charge < -0.3 is 4.74 Å². The van der Waals surface area contributed by atoms with Crippen molar-refractivity contribution in [3.63, 3.8) is 0 Å². The maximum absolute atomic E-state index is 5.88. The molecule has 0 saturated heterocycles. The number of hydrogen-bond acceptors (Lipinski definition) is 1. The zero-order chi connectivity index (χ0) is 11.5. The molecule has 0 N–H and O–H groups in total. The third-order valence-corrected chi connectivity index (χ3v) is 3.20. The Bertz CT molecular complexity index is 320. The summed E-state index contributed by atoms with van der Waals surface area (Å²) in [7, 11) is 0. The molecule has 0 radical (unpaired) electrons. The topological polar surface area (TPSA) is 9.23 Å². The fourth-order valence-corrected chi connectivity index (χ4v) is 2.29. The van der Waals surface area contributed by atoms with Gasteiger partial charge >= 0.3 is 0 Å². The molecule has 1 aliphatic carbocycles. The van der Waals surface area contributed by atoms with Crippen LogP contribution in [0.4, 0.5) is 0 Å². The van der Waals surface area contributed by atoms with E-state index < -0.39 is 0 Å². The largest absolute Gasteiger partial charge is 0.490 e. The van der Waals surface area contributed by atoms with Gasteiger partial charge in [0.15, 0.2) is 0 Å². The second-order valence-corrected chi connectivity index (χ2v) is 5.56. The molecule has 0 heterocycles. The van der Waals surface area contributed by atoms with Crippen LogP contribution < -0.4 is 4.74 Å². The van der Waals surface area contributed by atoms with E-state index in [0.717, 1.165) is 24.0 Å². The Morgan fingerprint density at radius 3 is 2.31 bits per heavy atom. The SMILES string of the molecule is CC(C)Cc1ccc(OC2CC(C)C2)cc1. The molecule has 0 amide bonds. The Labute approximate surface area is 98.8 Å². The van der Waals surface area contributed by atoms with Crippen LogP contribution in [0.2, 0.25) is 0 Å². The highest BCUT2D eigenvalue weighted by molar-refractivity contribution is 5.27. The summed E-state index contributed by atoms with van der Waals surface area (Å²) in [4.78, 5) is 0. The maximum Gasteiger partial charge on any atom is 0.119 e. The van der Waals surface area contributed by atoms with Crippen molar-refractivity contribution >= 4 is 0 Å². The van der Waals surface area contributed by atoms with Gasteiger partial charge in [0.1, 0.15) is 5.75 Å². The minimum atomic E-state index is 0.464. The monoisotopic (exact) mass is 218 g/mol. The van der Waals surface area contributed by atoms with Crippen molar-refractivity contribution in [2.45, 2.75) is 46.1 Å². The smallest absolute Gasteiger partial charge is 0.119 e. The van der Waals surface area contributed by atoms with Crippen LogP contribution >= 0.6 is 0 Å². The van der Waals surface area contributed by atoms with E-state index >= 15 is 0 Å². The van der Waals surface area contributed by atoms with Gasteiger partial charge in [-0.15, -0.1) is 0 Å². The first-order chi connectivity index (χ1) is 7.63. The predicted octanol–water partition coefficient (Wildman–Crippen LogP) is 4.06. The van der Waals surface area contributed by atoms with E-state index in [4.69, 9.17) is 4.74 Å². The van der Waals surface area contributed by atoms with Crippen LogP contribution in [0.25, 0.3) is 0 Å². The molecule has 1 fully saturated rings. The minimum absolute atomic E-state index is 0.464. The van der Waals surface area contributed by atoms with Gasteiger partial charge in [-0.25, -0.2) is 0 Å². The molecule has 16 heavy (non-hydrogen) atoms. The van der Waals surface area contributed by atoms with E-state index in [9.17, 15) is 0 Å². The predicted molar refractivity (Wildman–Crippen MR) is 67.8 cm³/mol. The van der Waals surface area contributed by atoms with Gasteiger partial charge in [0.25, 0.3) is 0 Å². The van der Waals surface area contributed by atoms with Crippen molar-refractivity contribution in [1.29, 1.82) is 0 Å². The molecule has 0 unspecified atom stereocenters. The van der Waals surface area contributed by atoms with Gasteiger partial charge in [0.05, 0.1) is 6.10 Å². The fraction of sp³-hybridized carbons (Fsp3) is 0.600. The van der Waals surface area contributed by atoms with Crippen molar-refractivity contribution < 1.29 is 4.74 Å². The first kappa shape index (κ1) is 11.5. The van der Waals surface area contributed by atoms with Gasteiger partial charge in [-0.2, -0.15) is 0 Å². The van der Waals surface area contributed by atoms with Gasteiger partial charge in [0.2, 0.25) is 0 Å². The quantitative estimate of drug-likeness (QED) is 0.740. The fourth-order valence-electron chi connectivity index (χ4n) is 2.29. The molecule has 1 heteroatoms. The Morgan fingerprint density at radius 1 is 1.19 bits per heavy atom. The molecule has 0 bridgehead atoms. The van der Waals surface area contributed by atoms with E-state index in [-0.39, 0.29) is 0 Å². The first-order valence-corrected chi connectivity index (χ1v) is 6.39. The van der Waals surface area contributed by atoms with Crippen molar-refractivity contribution in [3.8, 4) is 5.75 Å². The standard InChI is InChI=1S/C15H22O/c1-11(2)8-13-4-6-14(7-5-13)16-15-9-12(3)10-15/h4-7,11-12,15H,8-10H2,1-3H3. The second-order valence-electron chi connectivity index (χ2n) is 5.56. The Morgan fingerprint density at radius 2 is 1.81 bits per heavy atom. The zero-order valence-electron chi connectivity index (χ0n) is 10.6. The van der Waals surface area contributed by atoms with E-state index in [1.165, 1.54) is 18.4 Å². The molecule has 1 nitrogen and oxygen atoms in total. The molecule has 1 aromatic rings. The van der Waals surface area contributed by atoms with Gasteiger partial charge in [-0.3, -0.25) is 0 Å². The molecule has 88 valence electrons. The van der Waals surface area contributed by atoms with E-state index in [0.29, 0.717) is 6.10 Å². The van der Waals surface area contributed by atoms with Crippen molar-refractivity contribution in [2.24, 2.45) is 11.8 Å². The Hall–Kier alpha value is -0.980. The third kappa shape index (κ3) is 3.01. The molecule has 1 aliphatic rings. The molecule has 0 aliphatic heterocycles. The van der Waals surface area contributed by atoms with E-state index in [1.54, 1.807) is 0 Å². The molecule has 2 rings (SSSR count). The lowest BCUT2D eigenvalue weighted by atomic mass is 9.84. The summed E-state index contributed by atoms with van der Waals surface area (Å²) in [6, 6.07) is 8.61. The number of rotatable bonds is 4. The normalized spacial score (nSPS) is 24.2. The van der Waals surface area contributed by atoms with Crippen LogP contribution in [0.5, 0.6) is 5.75 Å². The summed E-state index contributed by atoms with van der Waals surface area (Å²) in [5, 5.41) is 0. The highest BCUT2D eigenvalue weighted by atomic mass is 16.5. The van der Waals surface area contributed by atoms with E-state index in [1.807, 2.05) is 0 Å². The van der Waals surface area contributed by atoms with Gasteiger partial charge in [-0.1, -0.05) is 32.9 Å². The summed E-state index contributed by atoms with van der Waals surface area (Å²) in [5.74, 6) is 2.61. The lowest BCUT2D eigenvalue weighted by molar-refractivity contribution is 0.0738. The summed E-state index contributed by atoms with van der Waals surface area (Å²) in [5.41, 5.74) is 1.41. The lowest BCUT2D eigenvalue weighted by Gasteiger charge is -2.32. The second kappa shape index (κ2) is 4.90.